The van der Waals surface area contributed by atoms with E-state index in [-0.39, 0.29) is 0 Å². The Balaban J connectivity index is 2.88. The second-order valence-electron chi connectivity index (χ2n) is 3.11. The first-order valence-electron chi connectivity index (χ1n) is 3.93. The molecule has 2 heteroatoms. The molecule has 62 valence electrons. The second-order valence-corrected chi connectivity index (χ2v) is 4.39. The van der Waals surface area contributed by atoms with Crippen molar-refractivity contribution in [2.75, 3.05) is 5.73 Å². The van der Waals surface area contributed by atoms with Crippen LogP contribution in [0, 0.1) is 13.8 Å². The van der Waals surface area contributed by atoms with Gasteiger partial charge in [0.1, 0.15) is 0 Å². The van der Waals surface area contributed by atoms with Crippen LogP contribution in [0.1, 0.15) is 10.4 Å². The third kappa shape index (κ3) is 1.08. The summed E-state index contributed by atoms with van der Waals surface area (Å²) in [5.41, 5.74) is 7.88. The van der Waals surface area contributed by atoms with Gasteiger partial charge in [-0.15, -0.1) is 11.3 Å². The van der Waals surface area contributed by atoms with Crippen LogP contribution in [0.25, 0.3) is 10.1 Å². The highest BCUT2D eigenvalue weighted by atomic mass is 32.1. The molecule has 0 unspecified atom stereocenters. The van der Waals surface area contributed by atoms with Gasteiger partial charge in [-0.05, 0) is 43.0 Å². The number of nitrogens with two attached hydrogens (primary N) is 1. The minimum atomic E-state index is 0.863. The highest BCUT2D eigenvalue weighted by Gasteiger charge is 2.01. The third-order valence-corrected chi connectivity index (χ3v) is 2.99. The summed E-state index contributed by atoms with van der Waals surface area (Å²) in [5.74, 6) is 0. The van der Waals surface area contributed by atoms with E-state index >= 15 is 0 Å². The molecule has 1 heterocycles. The van der Waals surface area contributed by atoms with Crippen molar-refractivity contribution in [2.45, 2.75) is 13.8 Å². The van der Waals surface area contributed by atoms with E-state index < -0.39 is 0 Å². The van der Waals surface area contributed by atoms with Gasteiger partial charge in [0, 0.05) is 15.3 Å². The molecule has 1 nitrogen and oxygen atoms in total. The number of benzene rings is 1. The lowest BCUT2D eigenvalue weighted by molar-refractivity contribution is 1.54. The first kappa shape index (κ1) is 7.62. The molecule has 0 saturated heterocycles. The van der Waals surface area contributed by atoms with Crippen LogP contribution >= 0.6 is 11.3 Å². The average Bonchev–Trinajstić information content (AvgIpc) is 2.29. The molecule has 0 saturated carbocycles. The molecule has 0 fully saturated rings. The standard InChI is InChI=1S/C10H11NS/c1-6-3-8(11)5-10-9(6)4-7(2)12-10/h3-5H,11H2,1-2H3. The minimum absolute atomic E-state index is 0.863. The molecule has 1 aromatic heterocycles. The van der Waals surface area contributed by atoms with Crippen LogP contribution in [0.3, 0.4) is 0 Å². The Kier molecular flexibility index (Phi) is 1.58. The number of aryl methyl sites for hydroxylation is 2. The highest BCUT2D eigenvalue weighted by molar-refractivity contribution is 7.19. The zero-order valence-electron chi connectivity index (χ0n) is 7.22. The molecule has 2 N–H and O–H groups in total. The third-order valence-electron chi connectivity index (χ3n) is 1.99. The van der Waals surface area contributed by atoms with E-state index in [9.17, 15) is 0 Å². The molecule has 0 atom stereocenters. The number of fused-ring (bicyclic) bond motifs is 1. The monoisotopic (exact) mass is 177 g/mol. The van der Waals surface area contributed by atoms with E-state index in [1.54, 1.807) is 11.3 Å². The van der Waals surface area contributed by atoms with E-state index in [0.29, 0.717) is 0 Å². The fourth-order valence-electron chi connectivity index (χ4n) is 1.47. The van der Waals surface area contributed by atoms with Crippen molar-refractivity contribution in [2.24, 2.45) is 0 Å². The molecular weight excluding hydrogens is 166 g/mol. The number of thiophene rings is 1. The maximum absolute atomic E-state index is 5.74. The van der Waals surface area contributed by atoms with E-state index in [1.807, 2.05) is 12.1 Å². The van der Waals surface area contributed by atoms with Crippen molar-refractivity contribution >= 4 is 27.1 Å². The summed E-state index contributed by atoms with van der Waals surface area (Å²) < 4.78 is 1.30. The van der Waals surface area contributed by atoms with Crippen molar-refractivity contribution in [3.63, 3.8) is 0 Å². The van der Waals surface area contributed by atoms with Crippen LogP contribution < -0.4 is 5.73 Å². The fraction of sp³-hybridized carbons (Fsp3) is 0.200. The lowest BCUT2D eigenvalue weighted by Crippen LogP contribution is -1.84. The zero-order valence-corrected chi connectivity index (χ0v) is 8.03. The Labute approximate surface area is 75.8 Å². The largest absolute Gasteiger partial charge is 0.399 e. The van der Waals surface area contributed by atoms with Gasteiger partial charge >= 0.3 is 0 Å². The number of hydrogen-bond donors (Lipinski definition) is 1. The van der Waals surface area contributed by atoms with Crippen LogP contribution in [0.15, 0.2) is 18.2 Å². The number of rotatable bonds is 0. The first-order valence-corrected chi connectivity index (χ1v) is 4.75. The molecular formula is C10H11NS. The topological polar surface area (TPSA) is 26.0 Å². The highest BCUT2D eigenvalue weighted by Crippen LogP contribution is 2.29. The van der Waals surface area contributed by atoms with Gasteiger partial charge in [0.15, 0.2) is 0 Å². The van der Waals surface area contributed by atoms with E-state index in [4.69, 9.17) is 5.73 Å². The number of hydrogen-bond acceptors (Lipinski definition) is 2. The summed E-state index contributed by atoms with van der Waals surface area (Å²) in [7, 11) is 0. The normalized spacial score (nSPS) is 10.8. The Morgan fingerprint density at radius 3 is 2.67 bits per heavy atom. The quantitative estimate of drug-likeness (QED) is 0.615. The van der Waals surface area contributed by atoms with Gasteiger partial charge in [-0.1, -0.05) is 0 Å². The van der Waals surface area contributed by atoms with Gasteiger partial charge in [-0.25, -0.2) is 0 Å². The predicted octanol–water partition coefficient (Wildman–Crippen LogP) is 3.10. The Bertz CT molecular complexity index is 429. The van der Waals surface area contributed by atoms with E-state index in [1.165, 1.54) is 20.5 Å². The Morgan fingerprint density at radius 2 is 1.92 bits per heavy atom. The van der Waals surface area contributed by atoms with E-state index in [2.05, 4.69) is 19.9 Å². The van der Waals surface area contributed by atoms with Crippen LogP contribution in [-0.2, 0) is 0 Å². The Morgan fingerprint density at radius 1 is 1.17 bits per heavy atom. The first-order chi connectivity index (χ1) is 5.66. The summed E-state index contributed by atoms with van der Waals surface area (Å²) in [6.07, 6.45) is 0. The molecule has 0 spiro atoms. The number of nitrogen functional groups attached to an aromatic ring is 1. The summed E-state index contributed by atoms with van der Waals surface area (Å²) in [6, 6.07) is 6.28. The smallest absolute Gasteiger partial charge is 0.0368 e. The van der Waals surface area contributed by atoms with Gasteiger partial charge in [0.05, 0.1) is 0 Å². The van der Waals surface area contributed by atoms with Crippen LogP contribution in [0.5, 0.6) is 0 Å². The molecule has 1 aromatic carbocycles. The van der Waals surface area contributed by atoms with Gasteiger partial charge in [-0.3, -0.25) is 0 Å². The molecule has 12 heavy (non-hydrogen) atoms. The molecule has 2 aromatic rings. The number of anilines is 1. The van der Waals surface area contributed by atoms with Gasteiger partial charge in [-0.2, -0.15) is 0 Å². The van der Waals surface area contributed by atoms with Crippen molar-refractivity contribution in [3.05, 3.63) is 28.6 Å². The fourth-order valence-corrected chi connectivity index (χ4v) is 2.52. The lowest BCUT2D eigenvalue weighted by atomic mass is 10.1. The molecule has 0 aliphatic rings. The van der Waals surface area contributed by atoms with Crippen molar-refractivity contribution < 1.29 is 0 Å². The van der Waals surface area contributed by atoms with Crippen molar-refractivity contribution in [1.82, 2.24) is 0 Å². The maximum atomic E-state index is 5.74. The molecule has 0 radical (unpaired) electrons. The summed E-state index contributed by atoms with van der Waals surface area (Å²) in [6.45, 7) is 4.23. The zero-order chi connectivity index (χ0) is 8.72. The molecule has 0 aliphatic heterocycles. The van der Waals surface area contributed by atoms with Crippen LogP contribution in [-0.4, -0.2) is 0 Å². The SMILES string of the molecule is Cc1cc2c(C)cc(N)cc2s1. The van der Waals surface area contributed by atoms with Crippen molar-refractivity contribution in [3.8, 4) is 0 Å². The summed E-state index contributed by atoms with van der Waals surface area (Å²) in [5, 5.41) is 1.34. The maximum Gasteiger partial charge on any atom is 0.0368 e. The average molecular weight is 177 g/mol. The summed E-state index contributed by atoms with van der Waals surface area (Å²) in [4.78, 5) is 1.35. The molecule has 2 rings (SSSR count). The van der Waals surface area contributed by atoms with Gasteiger partial charge < -0.3 is 5.73 Å². The molecule has 0 aliphatic carbocycles. The van der Waals surface area contributed by atoms with Crippen LogP contribution in [0.4, 0.5) is 5.69 Å². The van der Waals surface area contributed by atoms with Gasteiger partial charge in [0.25, 0.3) is 0 Å². The van der Waals surface area contributed by atoms with E-state index in [0.717, 1.165) is 5.69 Å². The second kappa shape index (κ2) is 2.49. The molecule has 0 bridgehead atoms. The Hall–Kier alpha value is -1.02. The minimum Gasteiger partial charge on any atom is -0.399 e. The predicted molar refractivity (Wildman–Crippen MR) is 55.7 cm³/mol. The molecule has 0 amide bonds. The lowest BCUT2D eigenvalue weighted by Gasteiger charge is -1.97. The van der Waals surface area contributed by atoms with Crippen molar-refractivity contribution in [1.29, 1.82) is 0 Å². The van der Waals surface area contributed by atoms with Gasteiger partial charge in [0.2, 0.25) is 0 Å². The summed E-state index contributed by atoms with van der Waals surface area (Å²) >= 11 is 1.80. The van der Waals surface area contributed by atoms with Crippen LogP contribution in [0.2, 0.25) is 0 Å².